The lowest BCUT2D eigenvalue weighted by Crippen LogP contribution is -2.35. The molecule has 0 heterocycles. The molecule has 0 aromatic heterocycles. The maximum Gasteiger partial charge on any atom is 0.319 e. The smallest absolute Gasteiger partial charge is 0.319 e. The third-order valence-corrected chi connectivity index (χ3v) is 2.60. The average molecular weight is 249 g/mol. The zero-order valence-electron chi connectivity index (χ0n) is 10.9. The van der Waals surface area contributed by atoms with E-state index in [9.17, 15) is 9.59 Å². The first-order chi connectivity index (χ1) is 8.56. The first kappa shape index (κ1) is 14.0. The van der Waals surface area contributed by atoms with Crippen molar-refractivity contribution >= 4 is 17.6 Å². The van der Waals surface area contributed by atoms with E-state index in [1.54, 1.807) is 31.3 Å². The monoisotopic (exact) mass is 249 g/mol. The molecule has 0 saturated carbocycles. The van der Waals surface area contributed by atoms with Crippen molar-refractivity contribution < 1.29 is 9.59 Å². The fraction of sp³-hybridized carbons (Fsp3) is 0.385. The quantitative estimate of drug-likeness (QED) is 0.763. The van der Waals surface area contributed by atoms with Gasteiger partial charge in [-0.15, -0.1) is 0 Å². The topological polar surface area (TPSA) is 70.2 Å². The molecule has 0 radical (unpaired) electrons. The molecule has 0 fully saturated rings. The highest BCUT2D eigenvalue weighted by Crippen LogP contribution is 2.10. The van der Waals surface area contributed by atoms with E-state index in [-0.39, 0.29) is 18.0 Å². The van der Waals surface area contributed by atoms with Crippen molar-refractivity contribution in [3.8, 4) is 0 Å². The summed E-state index contributed by atoms with van der Waals surface area (Å²) < 4.78 is 0. The second-order valence-corrected chi connectivity index (χ2v) is 4.07. The molecule has 0 unspecified atom stereocenters. The number of rotatable bonds is 4. The predicted molar refractivity (Wildman–Crippen MR) is 71.7 cm³/mol. The SMILES string of the molecule is CC[C@@H](C)NC(=O)Nc1cccc(C(=O)NC)c1. The summed E-state index contributed by atoms with van der Waals surface area (Å²) in [5, 5.41) is 8.02. The Kier molecular flexibility index (Phi) is 5.17. The Hall–Kier alpha value is -2.04. The zero-order valence-corrected chi connectivity index (χ0v) is 10.9. The van der Waals surface area contributed by atoms with Crippen molar-refractivity contribution in [2.75, 3.05) is 12.4 Å². The molecule has 0 aliphatic rings. The maximum atomic E-state index is 11.6. The minimum absolute atomic E-state index is 0.118. The van der Waals surface area contributed by atoms with Crippen LogP contribution in [0.4, 0.5) is 10.5 Å². The van der Waals surface area contributed by atoms with Gasteiger partial charge in [-0.3, -0.25) is 4.79 Å². The summed E-state index contributed by atoms with van der Waals surface area (Å²) in [7, 11) is 1.57. The van der Waals surface area contributed by atoms with Crippen molar-refractivity contribution in [3.63, 3.8) is 0 Å². The summed E-state index contributed by atoms with van der Waals surface area (Å²) in [6.45, 7) is 3.93. The lowest BCUT2D eigenvalue weighted by Gasteiger charge is -2.12. The van der Waals surface area contributed by atoms with Gasteiger partial charge in [-0.1, -0.05) is 13.0 Å². The van der Waals surface area contributed by atoms with E-state index in [0.717, 1.165) is 6.42 Å². The van der Waals surface area contributed by atoms with E-state index < -0.39 is 0 Å². The maximum absolute atomic E-state index is 11.6. The number of amides is 3. The van der Waals surface area contributed by atoms with Crippen LogP contribution in [0.1, 0.15) is 30.6 Å². The van der Waals surface area contributed by atoms with E-state index in [1.165, 1.54) is 0 Å². The third-order valence-electron chi connectivity index (χ3n) is 2.60. The van der Waals surface area contributed by atoms with Gasteiger partial charge in [-0.25, -0.2) is 4.79 Å². The average Bonchev–Trinajstić information content (AvgIpc) is 2.37. The number of carbonyl (C=O) groups is 2. The highest BCUT2D eigenvalue weighted by molar-refractivity contribution is 5.96. The molecule has 3 N–H and O–H groups in total. The molecular weight excluding hydrogens is 230 g/mol. The van der Waals surface area contributed by atoms with E-state index in [2.05, 4.69) is 16.0 Å². The molecule has 0 bridgehead atoms. The Morgan fingerprint density at radius 3 is 2.67 bits per heavy atom. The standard InChI is InChI=1S/C13H19N3O2/c1-4-9(2)15-13(18)16-11-7-5-6-10(8-11)12(17)14-3/h5-9H,4H2,1-3H3,(H,14,17)(H2,15,16,18)/t9-/m1/s1. The normalized spacial score (nSPS) is 11.5. The van der Waals surface area contributed by atoms with Gasteiger partial charge in [-0.05, 0) is 31.5 Å². The second-order valence-electron chi connectivity index (χ2n) is 4.07. The van der Waals surface area contributed by atoms with E-state index in [4.69, 9.17) is 0 Å². The van der Waals surface area contributed by atoms with Crippen LogP contribution in [0.5, 0.6) is 0 Å². The molecule has 1 aromatic carbocycles. The molecule has 1 atom stereocenters. The number of carbonyl (C=O) groups excluding carboxylic acids is 2. The Morgan fingerprint density at radius 2 is 2.06 bits per heavy atom. The van der Waals surface area contributed by atoms with Crippen molar-refractivity contribution in [1.82, 2.24) is 10.6 Å². The van der Waals surface area contributed by atoms with Crippen molar-refractivity contribution in [1.29, 1.82) is 0 Å². The molecule has 5 nitrogen and oxygen atoms in total. The van der Waals surface area contributed by atoms with Crippen LogP contribution in [-0.4, -0.2) is 25.0 Å². The van der Waals surface area contributed by atoms with Crippen molar-refractivity contribution in [3.05, 3.63) is 29.8 Å². The molecule has 1 aromatic rings. The van der Waals surface area contributed by atoms with Gasteiger partial charge in [0.1, 0.15) is 0 Å². The molecule has 0 spiro atoms. The van der Waals surface area contributed by atoms with Crippen LogP contribution in [-0.2, 0) is 0 Å². The minimum Gasteiger partial charge on any atom is -0.355 e. The fourth-order valence-corrected chi connectivity index (χ4v) is 1.38. The van der Waals surface area contributed by atoms with Gasteiger partial charge in [0.25, 0.3) is 5.91 Å². The predicted octanol–water partition coefficient (Wildman–Crippen LogP) is 1.97. The summed E-state index contributed by atoms with van der Waals surface area (Å²) in [5.41, 5.74) is 1.11. The number of hydrogen-bond acceptors (Lipinski definition) is 2. The third kappa shape index (κ3) is 4.08. The summed E-state index contributed by atoms with van der Waals surface area (Å²) in [6, 6.07) is 6.64. The minimum atomic E-state index is -0.265. The van der Waals surface area contributed by atoms with Crippen LogP contribution >= 0.6 is 0 Å². The second kappa shape index (κ2) is 6.64. The Balaban J connectivity index is 2.67. The summed E-state index contributed by atoms with van der Waals surface area (Å²) >= 11 is 0. The highest BCUT2D eigenvalue weighted by Gasteiger charge is 2.07. The summed E-state index contributed by atoms with van der Waals surface area (Å²) in [4.78, 5) is 23.0. The van der Waals surface area contributed by atoms with E-state index in [0.29, 0.717) is 11.3 Å². The first-order valence-corrected chi connectivity index (χ1v) is 5.96. The van der Waals surface area contributed by atoms with E-state index in [1.807, 2.05) is 13.8 Å². The summed E-state index contributed by atoms with van der Waals surface area (Å²) in [6.07, 6.45) is 0.867. The Labute approximate surface area is 107 Å². The number of anilines is 1. The van der Waals surface area contributed by atoms with Gasteiger partial charge >= 0.3 is 6.03 Å². The van der Waals surface area contributed by atoms with Crippen LogP contribution < -0.4 is 16.0 Å². The van der Waals surface area contributed by atoms with Gasteiger partial charge in [0, 0.05) is 24.3 Å². The number of nitrogens with one attached hydrogen (secondary N) is 3. The Bertz CT molecular complexity index is 432. The lowest BCUT2D eigenvalue weighted by molar-refractivity contribution is 0.0963. The first-order valence-electron chi connectivity index (χ1n) is 5.96. The van der Waals surface area contributed by atoms with Gasteiger partial charge in [0.05, 0.1) is 0 Å². The highest BCUT2D eigenvalue weighted by atomic mass is 16.2. The Morgan fingerprint density at radius 1 is 1.33 bits per heavy atom. The number of benzene rings is 1. The van der Waals surface area contributed by atoms with Gasteiger partial charge in [0.15, 0.2) is 0 Å². The zero-order chi connectivity index (χ0) is 13.5. The molecule has 1 rings (SSSR count). The van der Waals surface area contributed by atoms with Crippen molar-refractivity contribution in [2.45, 2.75) is 26.3 Å². The fourth-order valence-electron chi connectivity index (χ4n) is 1.38. The molecule has 98 valence electrons. The van der Waals surface area contributed by atoms with Crippen LogP contribution in [0.2, 0.25) is 0 Å². The summed E-state index contributed by atoms with van der Waals surface area (Å²) in [5.74, 6) is -0.180. The van der Waals surface area contributed by atoms with Crippen LogP contribution in [0.15, 0.2) is 24.3 Å². The van der Waals surface area contributed by atoms with Crippen LogP contribution in [0.25, 0.3) is 0 Å². The molecule has 18 heavy (non-hydrogen) atoms. The molecule has 0 aliphatic heterocycles. The number of hydrogen-bond donors (Lipinski definition) is 3. The van der Waals surface area contributed by atoms with Gasteiger partial charge in [0.2, 0.25) is 0 Å². The molecule has 5 heteroatoms. The van der Waals surface area contributed by atoms with Crippen LogP contribution in [0, 0.1) is 0 Å². The van der Waals surface area contributed by atoms with Gasteiger partial charge in [-0.2, -0.15) is 0 Å². The molecule has 0 saturated heterocycles. The molecular formula is C13H19N3O2. The lowest BCUT2D eigenvalue weighted by atomic mass is 10.2. The molecule has 3 amide bonds. The largest absolute Gasteiger partial charge is 0.355 e. The van der Waals surface area contributed by atoms with Crippen molar-refractivity contribution in [2.24, 2.45) is 0 Å². The van der Waals surface area contributed by atoms with Gasteiger partial charge < -0.3 is 16.0 Å². The number of urea groups is 1. The van der Waals surface area contributed by atoms with E-state index >= 15 is 0 Å². The molecule has 0 aliphatic carbocycles. The van der Waals surface area contributed by atoms with Crippen LogP contribution in [0.3, 0.4) is 0 Å².